The van der Waals surface area contributed by atoms with E-state index < -0.39 is 10.0 Å². The summed E-state index contributed by atoms with van der Waals surface area (Å²) in [5.41, 5.74) is 0. The molecule has 2 rings (SSSR count). The summed E-state index contributed by atoms with van der Waals surface area (Å²) in [5, 5.41) is 9.02. The molecule has 1 unspecified atom stereocenters. The highest BCUT2D eigenvalue weighted by molar-refractivity contribution is 7.91. The Hall–Kier alpha value is -0.470. The summed E-state index contributed by atoms with van der Waals surface area (Å²) in [6.07, 6.45) is 1.72. The van der Waals surface area contributed by atoms with Crippen LogP contribution in [0, 0.1) is 0 Å². The molecule has 0 radical (unpaired) electrons. The molecule has 1 saturated heterocycles. The molecule has 1 aromatic heterocycles. The summed E-state index contributed by atoms with van der Waals surface area (Å²) >= 11 is 1.13. The number of hydrogen-bond acceptors (Lipinski definition) is 5. The third kappa shape index (κ3) is 3.35. The molecule has 0 saturated carbocycles. The molecule has 1 aliphatic rings. The predicted octanol–water partition coefficient (Wildman–Crippen LogP) is 1.43. The molecule has 1 N–H and O–H groups in total. The van der Waals surface area contributed by atoms with Gasteiger partial charge >= 0.3 is 0 Å². The zero-order chi connectivity index (χ0) is 13.9. The molecule has 2 heterocycles. The second-order valence-electron chi connectivity index (χ2n) is 4.46. The molecule has 1 atom stereocenters. The quantitative estimate of drug-likeness (QED) is 0.893. The van der Waals surface area contributed by atoms with Crippen LogP contribution in [-0.2, 0) is 21.4 Å². The predicted molar refractivity (Wildman–Crippen MR) is 73.6 cm³/mol. The monoisotopic (exact) mass is 305 g/mol. The van der Waals surface area contributed by atoms with Gasteiger partial charge < -0.3 is 9.84 Å². The molecule has 108 valence electrons. The number of ether oxygens (including phenoxy) is 1. The van der Waals surface area contributed by atoms with E-state index in [0.717, 1.165) is 24.2 Å². The van der Waals surface area contributed by atoms with Gasteiger partial charge in [-0.2, -0.15) is 4.31 Å². The normalized spacial score (nSPS) is 21.7. The van der Waals surface area contributed by atoms with Crippen LogP contribution in [0.5, 0.6) is 0 Å². The molecule has 5 nitrogen and oxygen atoms in total. The second kappa shape index (κ2) is 6.32. The minimum Gasteiger partial charge on any atom is -0.391 e. The standard InChI is InChI=1S/C12H19NO4S2/c1-2-17-10-4-3-7-13(8-10)19(15,16)12-6-5-11(9-14)18-12/h5-6,10,14H,2-4,7-9H2,1H3. The number of piperidine rings is 1. The van der Waals surface area contributed by atoms with Gasteiger partial charge in [0.05, 0.1) is 12.7 Å². The topological polar surface area (TPSA) is 66.8 Å². The molecule has 1 aliphatic heterocycles. The van der Waals surface area contributed by atoms with Crippen LogP contribution in [0.1, 0.15) is 24.6 Å². The Morgan fingerprint density at radius 3 is 2.95 bits per heavy atom. The highest BCUT2D eigenvalue weighted by Gasteiger charge is 2.31. The Morgan fingerprint density at radius 1 is 1.53 bits per heavy atom. The van der Waals surface area contributed by atoms with E-state index in [1.807, 2.05) is 6.92 Å². The maximum atomic E-state index is 12.5. The first-order chi connectivity index (χ1) is 9.07. The molecule has 0 bridgehead atoms. The highest BCUT2D eigenvalue weighted by Crippen LogP contribution is 2.27. The first kappa shape index (κ1) is 14.9. The van der Waals surface area contributed by atoms with E-state index in [0.29, 0.717) is 28.8 Å². The van der Waals surface area contributed by atoms with Crippen molar-refractivity contribution in [1.29, 1.82) is 0 Å². The summed E-state index contributed by atoms with van der Waals surface area (Å²) in [5.74, 6) is 0. The van der Waals surface area contributed by atoms with E-state index in [2.05, 4.69) is 0 Å². The average molecular weight is 305 g/mol. The number of nitrogens with zero attached hydrogens (tertiary/aromatic N) is 1. The molecule has 1 fully saturated rings. The lowest BCUT2D eigenvalue weighted by atomic mass is 10.1. The summed E-state index contributed by atoms with van der Waals surface area (Å²) < 4.78 is 32.2. The van der Waals surface area contributed by atoms with Crippen molar-refractivity contribution in [1.82, 2.24) is 4.31 Å². The van der Waals surface area contributed by atoms with Gasteiger partial charge in [-0.15, -0.1) is 11.3 Å². The minimum absolute atomic E-state index is 0.00852. The molecule has 0 amide bonds. The summed E-state index contributed by atoms with van der Waals surface area (Å²) in [6.45, 7) is 3.36. The summed E-state index contributed by atoms with van der Waals surface area (Å²) in [6, 6.07) is 3.22. The number of hydrogen-bond donors (Lipinski definition) is 1. The van der Waals surface area contributed by atoms with Crippen molar-refractivity contribution < 1.29 is 18.3 Å². The van der Waals surface area contributed by atoms with Gasteiger partial charge in [0.25, 0.3) is 10.0 Å². The smallest absolute Gasteiger partial charge is 0.252 e. The van der Waals surface area contributed by atoms with Gasteiger partial charge in [-0.3, -0.25) is 0 Å². The fraction of sp³-hybridized carbons (Fsp3) is 0.667. The SMILES string of the molecule is CCOC1CCCN(S(=O)(=O)c2ccc(CO)s2)C1. The molecular weight excluding hydrogens is 286 g/mol. The van der Waals surface area contributed by atoms with Gasteiger partial charge in [-0.25, -0.2) is 8.42 Å². The summed E-state index contributed by atoms with van der Waals surface area (Å²) in [4.78, 5) is 0.664. The zero-order valence-electron chi connectivity index (χ0n) is 10.9. The fourth-order valence-corrected chi connectivity index (χ4v) is 5.08. The van der Waals surface area contributed by atoms with Crippen LogP contribution in [0.3, 0.4) is 0 Å². The molecular formula is C12H19NO4S2. The van der Waals surface area contributed by atoms with E-state index >= 15 is 0 Å². The Bertz CT molecular complexity index is 510. The van der Waals surface area contributed by atoms with Crippen molar-refractivity contribution >= 4 is 21.4 Å². The van der Waals surface area contributed by atoms with Gasteiger partial charge in [-0.05, 0) is 31.9 Å². The van der Waals surface area contributed by atoms with Gasteiger partial charge in [-0.1, -0.05) is 0 Å². The Kier molecular flexibility index (Phi) is 4.97. The Balaban J connectivity index is 2.14. The number of thiophene rings is 1. The zero-order valence-corrected chi connectivity index (χ0v) is 12.5. The van der Waals surface area contributed by atoms with Crippen molar-refractivity contribution in [3.8, 4) is 0 Å². The Labute approximate surface area is 117 Å². The van der Waals surface area contributed by atoms with Crippen molar-refractivity contribution in [2.24, 2.45) is 0 Å². The van der Waals surface area contributed by atoms with E-state index in [4.69, 9.17) is 9.84 Å². The number of rotatable bonds is 5. The summed E-state index contributed by atoms with van der Waals surface area (Å²) in [7, 11) is -3.44. The van der Waals surface area contributed by atoms with Crippen LogP contribution >= 0.6 is 11.3 Å². The van der Waals surface area contributed by atoms with Crippen LogP contribution in [0.15, 0.2) is 16.3 Å². The molecule has 0 aromatic carbocycles. The van der Waals surface area contributed by atoms with E-state index in [9.17, 15) is 8.42 Å². The maximum Gasteiger partial charge on any atom is 0.252 e. The van der Waals surface area contributed by atoms with Crippen LogP contribution in [0.25, 0.3) is 0 Å². The largest absolute Gasteiger partial charge is 0.391 e. The molecule has 0 aliphatic carbocycles. The number of aliphatic hydroxyl groups is 1. The first-order valence-corrected chi connectivity index (χ1v) is 8.65. The second-order valence-corrected chi connectivity index (χ2v) is 7.79. The lowest BCUT2D eigenvalue weighted by molar-refractivity contribution is 0.0265. The lowest BCUT2D eigenvalue weighted by Crippen LogP contribution is -2.42. The van der Waals surface area contributed by atoms with Crippen LogP contribution in [-0.4, -0.2) is 43.6 Å². The van der Waals surface area contributed by atoms with Gasteiger partial charge in [0.1, 0.15) is 4.21 Å². The van der Waals surface area contributed by atoms with Gasteiger partial charge in [0.15, 0.2) is 0 Å². The fourth-order valence-electron chi connectivity index (χ4n) is 2.20. The van der Waals surface area contributed by atoms with Gasteiger partial charge in [0, 0.05) is 24.6 Å². The van der Waals surface area contributed by atoms with E-state index in [1.165, 1.54) is 4.31 Å². The van der Waals surface area contributed by atoms with Crippen molar-refractivity contribution in [3.05, 3.63) is 17.0 Å². The Morgan fingerprint density at radius 2 is 2.32 bits per heavy atom. The molecule has 1 aromatic rings. The van der Waals surface area contributed by atoms with Crippen molar-refractivity contribution in [2.45, 2.75) is 36.7 Å². The van der Waals surface area contributed by atoms with E-state index in [1.54, 1.807) is 12.1 Å². The first-order valence-electron chi connectivity index (χ1n) is 6.39. The van der Waals surface area contributed by atoms with Crippen molar-refractivity contribution in [3.63, 3.8) is 0 Å². The maximum absolute atomic E-state index is 12.5. The number of aliphatic hydroxyl groups excluding tert-OH is 1. The third-order valence-electron chi connectivity index (χ3n) is 3.13. The van der Waals surface area contributed by atoms with Crippen LogP contribution < -0.4 is 0 Å². The van der Waals surface area contributed by atoms with E-state index in [-0.39, 0.29) is 12.7 Å². The molecule has 19 heavy (non-hydrogen) atoms. The average Bonchev–Trinajstić information content (AvgIpc) is 2.89. The van der Waals surface area contributed by atoms with Crippen molar-refractivity contribution in [2.75, 3.05) is 19.7 Å². The minimum atomic E-state index is -3.44. The molecule has 0 spiro atoms. The van der Waals surface area contributed by atoms with Crippen LogP contribution in [0.2, 0.25) is 0 Å². The number of sulfonamides is 1. The van der Waals surface area contributed by atoms with Gasteiger partial charge in [0.2, 0.25) is 0 Å². The van der Waals surface area contributed by atoms with Crippen LogP contribution in [0.4, 0.5) is 0 Å². The third-order valence-corrected chi connectivity index (χ3v) is 6.53. The highest BCUT2D eigenvalue weighted by atomic mass is 32.2. The lowest BCUT2D eigenvalue weighted by Gasteiger charge is -2.31. The molecule has 7 heteroatoms.